The number of nitrogens with zero attached hydrogens (tertiary/aromatic N) is 8. The summed E-state index contributed by atoms with van der Waals surface area (Å²) in [6.45, 7) is 8.39. The summed E-state index contributed by atoms with van der Waals surface area (Å²) in [4.78, 5) is 49.5. The van der Waals surface area contributed by atoms with Crippen LogP contribution in [0.3, 0.4) is 0 Å². The molecule has 0 atom stereocenters. The molecule has 0 saturated heterocycles. The molecule has 6 heterocycles. The van der Waals surface area contributed by atoms with Crippen LogP contribution in [0.2, 0.25) is 0 Å². The number of alkyl halides is 1. The molecule has 60 heavy (non-hydrogen) atoms. The van der Waals surface area contributed by atoms with Crippen LogP contribution >= 0.6 is 24.0 Å². The Balaban J connectivity index is 0. The summed E-state index contributed by atoms with van der Waals surface area (Å²) >= 11 is 5.91. The van der Waals surface area contributed by atoms with Crippen LogP contribution in [0, 0.1) is 0 Å². The summed E-state index contributed by atoms with van der Waals surface area (Å²) in [5, 5.41) is 26.1. The number of hydrogen-bond donors (Lipinski definition) is 1. The number of rotatable bonds is 13. The molecule has 6 aromatic rings. The van der Waals surface area contributed by atoms with E-state index in [2.05, 4.69) is 62.7 Å². The zero-order valence-electron chi connectivity index (χ0n) is 35.5. The first kappa shape index (κ1) is 56.8. The van der Waals surface area contributed by atoms with Crippen molar-refractivity contribution in [1.29, 1.82) is 0 Å². The molecule has 0 bridgehead atoms. The van der Waals surface area contributed by atoms with E-state index in [9.17, 15) is 9.59 Å². The van der Waals surface area contributed by atoms with Gasteiger partial charge in [-0.05, 0) is 57.5 Å². The van der Waals surface area contributed by atoms with Gasteiger partial charge in [0.1, 0.15) is 18.1 Å². The van der Waals surface area contributed by atoms with Crippen LogP contribution in [0.1, 0.15) is 73.0 Å². The largest absolute Gasteiger partial charge is 1.00 e. The Labute approximate surface area is 445 Å². The fourth-order valence-corrected chi connectivity index (χ4v) is 5.17. The Kier molecular flexibility index (Phi) is 29.2. The second-order valence-corrected chi connectivity index (χ2v) is 12.2. The van der Waals surface area contributed by atoms with Crippen molar-refractivity contribution in [3.05, 3.63) is 108 Å². The van der Waals surface area contributed by atoms with Crippen LogP contribution < -0.4 is 122 Å². The average Bonchev–Trinajstić information content (AvgIpc) is 3.95. The molecule has 0 amide bonds. The molecule has 17 nitrogen and oxygen atoms in total. The van der Waals surface area contributed by atoms with Crippen LogP contribution in [-0.2, 0) is 22.2 Å². The van der Waals surface area contributed by atoms with E-state index in [1.165, 1.54) is 32.7 Å². The summed E-state index contributed by atoms with van der Waals surface area (Å²) in [6.07, 6.45) is 11.0. The Bertz CT molecular complexity index is 2200. The topological polar surface area (TPSA) is 219 Å². The first-order valence-electron chi connectivity index (χ1n) is 17.1. The molecule has 0 aliphatic rings. The van der Waals surface area contributed by atoms with Crippen LogP contribution in [-0.4, -0.2) is 77.9 Å². The van der Waals surface area contributed by atoms with Crippen molar-refractivity contribution >= 4 is 43.1 Å². The van der Waals surface area contributed by atoms with Crippen molar-refractivity contribution in [2.24, 2.45) is 0 Å². The van der Waals surface area contributed by atoms with E-state index < -0.39 is 0 Å². The standard InChI is InChI=1S/C19H20N4O3.C12H14ClN3.C7H7NO3.CH2O3.ClH.2K.H/c1-13(2)23-16(6-8-22-23)19-14(5-4-7-20-19)12-26-17-10-21-18(25-3)9-15(17)11-24;1-9(2)16-11(5-7-15-16)12-10(8-13)4-3-6-14-12;1-11-7-2-5(4-9)6(10)3-8-7;2-1-4-3;;;;/h4-11,13H,12H2,1-3H3;3-7,9H,8H2,1-2H3;2-4,10H,1H3;1,3H;1H;;;/q;;;;;2*+1;-1/p-1. The number of halogens is 2. The van der Waals surface area contributed by atoms with Crippen molar-refractivity contribution in [3.63, 3.8) is 0 Å². The Morgan fingerprint density at radius 3 is 1.67 bits per heavy atom. The molecule has 6 aromatic heterocycles. The molecule has 0 fully saturated rings. The van der Waals surface area contributed by atoms with Crippen LogP contribution in [0.15, 0.2) is 85.7 Å². The van der Waals surface area contributed by atoms with Gasteiger partial charge in [0, 0.05) is 60.4 Å². The number of aromatic nitrogens is 8. The predicted octanol–water partition coefficient (Wildman–Crippen LogP) is 0.171. The van der Waals surface area contributed by atoms with Gasteiger partial charge in [0.05, 0.1) is 60.5 Å². The minimum atomic E-state index is -0.181. The second kappa shape index (κ2) is 30.8. The molecule has 0 unspecified atom stereocenters. The number of ether oxygens (including phenoxy) is 3. The van der Waals surface area contributed by atoms with Crippen LogP contribution in [0.5, 0.6) is 23.3 Å². The van der Waals surface area contributed by atoms with Crippen molar-refractivity contribution in [2.45, 2.75) is 52.3 Å². The van der Waals surface area contributed by atoms with E-state index in [4.69, 9.17) is 41.0 Å². The van der Waals surface area contributed by atoms with Gasteiger partial charge in [-0.1, -0.05) is 12.1 Å². The second-order valence-electron chi connectivity index (χ2n) is 11.9. The van der Waals surface area contributed by atoms with Gasteiger partial charge in [0.15, 0.2) is 12.6 Å². The minimum absolute atomic E-state index is 0. The summed E-state index contributed by atoms with van der Waals surface area (Å²) in [5.74, 6) is 1.40. The van der Waals surface area contributed by atoms with Gasteiger partial charge in [0.2, 0.25) is 11.8 Å². The first-order chi connectivity index (χ1) is 27.6. The third kappa shape index (κ3) is 17.0. The summed E-state index contributed by atoms with van der Waals surface area (Å²) in [7, 11) is 2.94. The van der Waals surface area contributed by atoms with E-state index in [-0.39, 0.29) is 147 Å². The number of aromatic hydroxyl groups is 1. The maximum Gasteiger partial charge on any atom is 1.00 e. The first-order valence-corrected chi connectivity index (χ1v) is 17.6. The fraction of sp³-hybridized carbons (Fsp3) is 0.256. The third-order valence-corrected chi connectivity index (χ3v) is 7.87. The monoisotopic (exact) mass is 916 g/mol. The summed E-state index contributed by atoms with van der Waals surface area (Å²) in [6, 6.07) is 15.0. The predicted molar refractivity (Wildman–Crippen MR) is 215 cm³/mol. The maximum atomic E-state index is 11.3. The molecule has 0 radical (unpaired) electrons. The minimum Gasteiger partial charge on any atom is -1.00 e. The van der Waals surface area contributed by atoms with E-state index in [1.807, 2.05) is 45.8 Å². The fourth-order valence-electron chi connectivity index (χ4n) is 4.96. The number of pyridine rings is 4. The molecule has 0 aliphatic carbocycles. The third-order valence-electron chi connectivity index (χ3n) is 7.59. The smallest absolute Gasteiger partial charge is 1.00 e. The van der Waals surface area contributed by atoms with Gasteiger partial charge in [0.25, 0.3) is 6.47 Å². The number of carbonyl (C=O) groups is 3. The van der Waals surface area contributed by atoms with Crippen LogP contribution in [0.4, 0.5) is 0 Å². The average molecular weight is 918 g/mol. The molecule has 21 heteroatoms. The van der Waals surface area contributed by atoms with Gasteiger partial charge in [-0.2, -0.15) is 10.2 Å². The Morgan fingerprint density at radius 1 is 0.750 bits per heavy atom. The van der Waals surface area contributed by atoms with E-state index >= 15 is 0 Å². The number of carbonyl (C=O) groups excluding carboxylic acids is 3. The zero-order valence-corrected chi connectivity index (χ0v) is 42.3. The molecule has 0 spiro atoms. The normalized spacial score (nSPS) is 9.63. The SMILES string of the molecule is CC(C)n1nccc1-c1ncccc1CCl.COc1cc(C=O)c(O)cn1.COc1cc(C=O)c(OCc2cccnc2-c2ccnn2C(C)C)cn1.Cl.O=CO[O-].[H-].[K+].[K+]. The quantitative estimate of drug-likeness (QED) is 0.0537. The van der Waals surface area contributed by atoms with E-state index in [0.717, 1.165) is 40.2 Å². The molecular formula is C39H44Cl2K2N8O9. The number of methoxy groups -OCH3 is 2. The van der Waals surface area contributed by atoms with Crippen LogP contribution in [0.25, 0.3) is 22.8 Å². The molecule has 0 aromatic carbocycles. The Hall–Kier alpha value is -3.16. The molecule has 0 saturated carbocycles. The maximum absolute atomic E-state index is 11.3. The van der Waals surface area contributed by atoms with Crippen molar-refractivity contribution in [3.8, 4) is 46.0 Å². The van der Waals surface area contributed by atoms with Crippen molar-refractivity contribution in [1.82, 2.24) is 39.5 Å². The zero-order chi connectivity index (χ0) is 41.7. The van der Waals surface area contributed by atoms with Gasteiger partial charge in [-0.15, -0.1) is 24.0 Å². The molecule has 6 rings (SSSR count). The molecule has 1 N–H and O–H groups in total. The van der Waals surface area contributed by atoms with Crippen molar-refractivity contribution < 1.29 is 148 Å². The van der Waals surface area contributed by atoms with Gasteiger partial charge >= 0.3 is 103 Å². The summed E-state index contributed by atoms with van der Waals surface area (Å²) < 4.78 is 19.5. The molecular weight excluding hydrogens is 874 g/mol. The van der Waals surface area contributed by atoms with Crippen molar-refractivity contribution in [2.75, 3.05) is 14.2 Å². The molecule has 0 aliphatic heterocycles. The van der Waals surface area contributed by atoms with Gasteiger partial charge in [-0.25, -0.2) is 9.97 Å². The summed E-state index contributed by atoms with van der Waals surface area (Å²) in [5.41, 5.74) is 6.14. The Morgan fingerprint density at radius 2 is 1.22 bits per heavy atom. The number of hydrogen-bond acceptors (Lipinski definition) is 15. The van der Waals surface area contributed by atoms with Gasteiger partial charge in [-0.3, -0.25) is 33.7 Å². The van der Waals surface area contributed by atoms with Gasteiger partial charge < -0.3 is 30.9 Å². The van der Waals surface area contributed by atoms with E-state index in [0.29, 0.717) is 41.3 Å². The number of aldehydes is 2. The van der Waals surface area contributed by atoms with E-state index in [1.54, 1.807) is 30.9 Å². The molecule has 310 valence electrons.